The van der Waals surface area contributed by atoms with Crippen LogP contribution in [0.15, 0.2) is 24.5 Å². The Hall–Kier alpha value is -1.58. The highest BCUT2D eigenvalue weighted by Gasteiger charge is 1.97. The van der Waals surface area contributed by atoms with E-state index in [1.807, 2.05) is 6.07 Å². The van der Waals surface area contributed by atoms with Crippen LogP contribution in [0.3, 0.4) is 0 Å². The van der Waals surface area contributed by atoms with Crippen LogP contribution in [0.25, 0.3) is 0 Å². The Morgan fingerprint density at radius 2 is 2.58 bits per heavy atom. The minimum Gasteiger partial charge on any atom is -0.445 e. The average Bonchev–Trinajstić information content (AvgIpc) is 2.16. The monoisotopic (exact) mass is 166 g/mol. The molecule has 1 N–H and O–H groups in total. The van der Waals surface area contributed by atoms with Crippen molar-refractivity contribution in [3.8, 4) is 0 Å². The summed E-state index contributed by atoms with van der Waals surface area (Å²) in [5.41, 5.74) is 0.876. The smallest absolute Gasteiger partial charge is 0.407 e. The highest BCUT2D eigenvalue weighted by molar-refractivity contribution is 5.66. The lowest BCUT2D eigenvalue weighted by Gasteiger charge is -2.02. The highest BCUT2D eigenvalue weighted by atomic mass is 16.5. The second-order valence-corrected chi connectivity index (χ2v) is 2.19. The lowest BCUT2D eigenvalue weighted by atomic mass is 10.3. The first kappa shape index (κ1) is 8.52. The molecule has 4 nitrogen and oxygen atoms in total. The summed E-state index contributed by atoms with van der Waals surface area (Å²) in [5, 5.41) is 2.35. The van der Waals surface area contributed by atoms with Crippen LogP contribution in [0.4, 0.5) is 4.79 Å². The molecule has 1 aromatic heterocycles. The Labute approximate surface area is 70.6 Å². The number of carbonyl (C=O) groups is 1. The minimum absolute atomic E-state index is 0.257. The topological polar surface area (TPSA) is 51.2 Å². The third-order valence-corrected chi connectivity index (χ3v) is 1.30. The van der Waals surface area contributed by atoms with Gasteiger partial charge in [-0.2, -0.15) is 0 Å². The number of carbonyl (C=O) groups excluding carboxylic acids is 1. The molecule has 0 unspecified atom stereocenters. The Bertz CT molecular complexity index is 248. The zero-order valence-electron chi connectivity index (χ0n) is 6.78. The van der Waals surface area contributed by atoms with E-state index in [9.17, 15) is 4.79 Å². The van der Waals surface area contributed by atoms with E-state index in [1.54, 1.807) is 18.5 Å². The molecule has 0 fully saturated rings. The van der Waals surface area contributed by atoms with Crippen LogP contribution in [-0.4, -0.2) is 18.1 Å². The second kappa shape index (κ2) is 4.33. The minimum atomic E-state index is -0.432. The third-order valence-electron chi connectivity index (χ3n) is 1.30. The predicted octanol–water partition coefficient (Wildman–Crippen LogP) is 0.938. The van der Waals surface area contributed by atoms with Gasteiger partial charge < -0.3 is 10.1 Å². The van der Waals surface area contributed by atoms with Gasteiger partial charge >= 0.3 is 6.09 Å². The van der Waals surface area contributed by atoms with Gasteiger partial charge in [-0.3, -0.25) is 4.98 Å². The molecule has 1 heterocycles. The number of hydrogen-bond acceptors (Lipinski definition) is 3. The number of rotatable bonds is 2. The van der Waals surface area contributed by atoms with Gasteiger partial charge in [0.15, 0.2) is 0 Å². The van der Waals surface area contributed by atoms with Crippen LogP contribution >= 0.6 is 0 Å². The maximum absolute atomic E-state index is 10.6. The molecule has 0 saturated heterocycles. The summed E-state index contributed by atoms with van der Waals surface area (Å²) in [6.07, 6.45) is 2.89. The van der Waals surface area contributed by atoms with E-state index in [0.717, 1.165) is 5.56 Å². The summed E-state index contributed by atoms with van der Waals surface area (Å²) in [4.78, 5) is 14.5. The molecule has 0 atom stereocenters. The number of nitrogens with one attached hydrogen (secondary N) is 1. The van der Waals surface area contributed by atoms with Crippen LogP contribution in [0.2, 0.25) is 0 Å². The Balaban J connectivity index is 2.38. The van der Waals surface area contributed by atoms with Gasteiger partial charge in [0.2, 0.25) is 0 Å². The van der Waals surface area contributed by atoms with Crippen molar-refractivity contribution in [3.63, 3.8) is 0 Å². The van der Waals surface area contributed by atoms with E-state index in [-0.39, 0.29) is 6.61 Å². The van der Waals surface area contributed by atoms with E-state index in [4.69, 9.17) is 4.74 Å². The lowest BCUT2D eigenvalue weighted by Crippen LogP contribution is -2.18. The Kier molecular flexibility index (Phi) is 3.07. The number of nitrogens with zero attached hydrogens (tertiary/aromatic N) is 1. The molecule has 0 spiro atoms. The summed E-state index contributed by atoms with van der Waals surface area (Å²) in [6.45, 7) is 0.257. The molecule has 1 aromatic rings. The molecule has 0 radical (unpaired) electrons. The first-order chi connectivity index (χ1) is 5.83. The normalized spacial score (nSPS) is 9.08. The molecule has 0 aliphatic carbocycles. The highest BCUT2D eigenvalue weighted by Crippen LogP contribution is 1.97. The van der Waals surface area contributed by atoms with Crippen LogP contribution in [0.1, 0.15) is 5.56 Å². The van der Waals surface area contributed by atoms with E-state index in [1.165, 1.54) is 7.05 Å². The molecule has 64 valence electrons. The van der Waals surface area contributed by atoms with Crippen molar-refractivity contribution < 1.29 is 9.53 Å². The summed E-state index contributed by atoms with van der Waals surface area (Å²) in [6, 6.07) is 3.64. The fourth-order valence-corrected chi connectivity index (χ4v) is 0.705. The fraction of sp³-hybridized carbons (Fsp3) is 0.250. The first-order valence-corrected chi connectivity index (χ1v) is 3.56. The molecule has 0 aliphatic rings. The molecular weight excluding hydrogens is 156 g/mol. The zero-order valence-corrected chi connectivity index (χ0v) is 6.78. The van der Waals surface area contributed by atoms with E-state index in [2.05, 4.69) is 10.3 Å². The second-order valence-electron chi connectivity index (χ2n) is 2.19. The largest absolute Gasteiger partial charge is 0.445 e. The van der Waals surface area contributed by atoms with Gasteiger partial charge in [-0.05, 0) is 6.07 Å². The van der Waals surface area contributed by atoms with Gasteiger partial charge in [0.05, 0.1) is 0 Å². The standard InChI is InChI=1S/C8H10N2O2/c1-9-8(11)12-6-7-3-2-4-10-5-7/h2-5H,6H2,1H3,(H,9,11). The van der Waals surface area contributed by atoms with E-state index in [0.29, 0.717) is 0 Å². The summed E-state index contributed by atoms with van der Waals surface area (Å²) < 4.78 is 4.79. The van der Waals surface area contributed by atoms with Crippen LogP contribution in [0.5, 0.6) is 0 Å². The quantitative estimate of drug-likeness (QED) is 0.711. The molecular formula is C8H10N2O2. The predicted molar refractivity (Wildman–Crippen MR) is 43.5 cm³/mol. The molecule has 1 rings (SSSR count). The van der Waals surface area contributed by atoms with Crippen molar-refractivity contribution >= 4 is 6.09 Å². The van der Waals surface area contributed by atoms with E-state index >= 15 is 0 Å². The van der Waals surface area contributed by atoms with Gasteiger partial charge in [0, 0.05) is 25.0 Å². The van der Waals surface area contributed by atoms with Gasteiger partial charge in [0.1, 0.15) is 6.61 Å². The SMILES string of the molecule is CNC(=O)OCc1cccnc1. The maximum atomic E-state index is 10.6. The van der Waals surface area contributed by atoms with Crippen molar-refractivity contribution in [1.29, 1.82) is 0 Å². The van der Waals surface area contributed by atoms with Gasteiger partial charge in [0.25, 0.3) is 0 Å². The van der Waals surface area contributed by atoms with Gasteiger partial charge in [-0.15, -0.1) is 0 Å². The van der Waals surface area contributed by atoms with E-state index < -0.39 is 6.09 Å². The zero-order chi connectivity index (χ0) is 8.81. The number of amides is 1. The lowest BCUT2D eigenvalue weighted by molar-refractivity contribution is 0.142. The number of aromatic nitrogens is 1. The molecule has 0 bridgehead atoms. The number of pyridine rings is 1. The van der Waals surface area contributed by atoms with Gasteiger partial charge in [-0.25, -0.2) is 4.79 Å². The molecule has 4 heteroatoms. The number of alkyl carbamates (subject to hydrolysis) is 1. The molecule has 12 heavy (non-hydrogen) atoms. The molecule has 0 aromatic carbocycles. The summed E-state index contributed by atoms with van der Waals surface area (Å²) in [5.74, 6) is 0. The number of hydrogen-bond donors (Lipinski definition) is 1. The summed E-state index contributed by atoms with van der Waals surface area (Å²) in [7, 11) is 1.52. The molecule has 0 saturated carbocycles. The van der Waals surface area contributed by atoms with Crippen molar-refractivity contribution in [2.24, 2.45) is 0 Å². The molecule has 1 amide bonds. The van der Waals surface area contributed by atoms with Crippen LogP contribution < -0.4 is 5.32 Å². The van der Waals surface area contributed by atoms with Crippen molar-refractivity contribution in [2.75, 3.05) is 7.05 Å². The first-order valence-electron chi connectivity index (χ1n) is 3.56. The van der Waals surface area contributed by atoms with Crippen molar-refractivity contribution in [1.82, 2.24) is 10.3 Å². The third kappa shape index (κ3) is 2.57. The van der Waals surface area contributed by atoms with Gasteiger partial charge in [-0.1, -0.05) is 6.07 Å². The van der Waals surface area contributed by atoms with Crippen molar-refractivity contribution in [3.05, 3.63) is 30.1 Å². The summed E-state index contributed by atoms with van der Waals surface area (Å²) >= 11 is 0. The fourth-order valence-electron chi connectivity index (χ4n) is 0.705. The average molecular weight is 166 g/mol. The maximum Gasteiger partial charge on any atom is 0.407 e. The Morgan fingerprint density at radius 1 is 1.75 bits per heavy atom. The van der Waals surface area contributed by atoms with Crippen LogP contribution in [-0.2, 0) is 11.3 Å². The van der Waals surface area contributed by atoms with Crippen LogP contribution in [0, 0.1) is 0 Å². The molecule has 0 aliphatic heterocycles. The number of ether oxygens (including phenoxy) is 1. The Morgan fingerprint density at radius 3 is 3.17 bits per heavy atom. The van der Waals surface area contributed by atoms with Crippen molar-refractivity contribution in [2.45, 2.75) is 6.61 Å².